The first-order chi connectivity index (χ1) is 11.1. The number of nitrogens with zero attached hydrogens (tertiary/aromatic N) is 2. The largest absolute Gasteiger partial charge is 0.354 e. The zero-order valence-electron chi connectivity index (χ0n) is 14.0. The zero-order chi connectivity index (χ0) is 16.3. The molecule has 1 saturated carbocycles. The fourth-order valence-electron chi connectivity index (χ4n) is 3.75. The molecular formula is C19H25N3O. The SMILES string of the molecule is Cc1cnc(C)n1CCNC(=O)C1(c2ccccc2)CCCC1. The van der Waals surface area contributed by atoms with E-state index in [0.717, 1.165) is 49.3 Å². The highest BCUT2D eigenvalue weighted by Crippen LogP contribution is 2.41. The van der Waals surface area contributed by atoms with Crippen molar-refractivity contribution in [1.29, 1.82) is 0 Å². The molecule has 0 atom stereocenters. The van der Waals surface area contributed by atoms with Gasteiger partial charge in [-0.05, 0) is 32.3 Å². The van der Waals surface area contributed by atoms with E-state index >= 15 is 0 Å². The van der Waals surface area contributed by atoms with E-state index in [1.165, 1.54) is 0 Å². The molecule has 0 radical (unpaired) electrons. The van der Waals surface area contributed by atoms with Crippen LogP contribution >= 0.6 is 0 Å². The van der Waals surface area contributed by atoms with Crippen LogP contribution in [-0.4, -0.2) is 22.0 Å². The number of carbonyl (C=O) groups is 1. The molecule has 1 aromatic heterocycles. The summed E-state index contributed by atoms with van der Waals surface area (Å²) in [6, 6.07) is 10.3. The first kappa shape index (κ1) is 15.8. The van der Waals surface area contributed by atoms with Crippen molar-refractivity contribution in [2.75, 3.05) is 6.54 Å². The smallest absolute Gasteiger partial charge is 0.230 e. The highest BCUT2D eigenvalue weighted by Gasteiger charge is 2.42. The lowest BCUT2D eigenvalue weighted by molar-refractivity contribution is -0.126. The average Bonchev–Trinajstić information content (AvgIpc) is 3.18. The molecule has 0 unspecified atom stereocenters. The summed E-state index contributed by atoms with van der Waals surface area (Å²) in [7, 11) is 0. The van der Waals surface area contributed by atoms with Crippen molar-refractivity contribution < 1.29 is 4.79 Å². The number of carbonyl (C=O) groups excluding carboxylic acids is 1. The van der Waals surface area contributed by atoms with Gasteiger partial charge in [0, 0.05) is 25.0 Å². The van der Waals surface area contributed by atoms with Crippen LogP contribution in [0.4, 0.5) is 0 Å². The number of amides is 1. The number of imidazole rings is 1. The van der Waals surface area contributed by atoms with Crippen LogP contribution in [0.15, 0.2) is 36.5 Å². The second-order valence-corrected chi connectivity index (χ2v) is 6.51. The summed E-state index contributed by atoms with van der Waals surface area (Å²) in [6.45, 7) is 5.46. The number of nitrogens with one attached hydrogen (secondary N) is 1. The maximum atomic E-state index is 12.9. The van der Waals surface area contributed by atoms with E-state index in [1.807, 2.05) is 38.2 Å². The van der Waals surface area contributed by atoms with Gasteiger partial charge in [-0.1, -0.05) is 43.2 Å². The molecule has 1 amide bonds. The molecule has 4 heteroatoms. The summed E-state index contributed by atoms with van der Waals surface area (Å²) in [5.74, 6) is 1.17. The Bertz CT molecular complexity index is 650. The summed E-state index contributed by atoms with van der Waals surface area (Å²) in [5.41, 5.74) is 1.96. The highest BCUT2D eigenvalue weighted by atomic mass is 16.2. The molecule has 0 saturated heterocycles. The number of aromatic nitrogens is 2. The third kappa shape index (κ3) is 3.03. The molecule has 122 valence electrons. The van der Waals surface area contributed by atoms with E-state index in [1.54, 1.807) is 0 Å². The number of hydrogen-bond donors (Lipinski definition) is 1. The van der Waals surface area contributed by atoms with Gasteiger partial charge in [-0.15, -0.1) is 0 Å². The van der Waals surface area contributed by atoms with Crippen LogP contribution < -0.4 is 5.32 Å². The Kier molecular flexibility index (Phi) is 4.51. The number of rotatable bonds is 5. The molecule has 1 aliphatic rings. The van der Waals surface area contributed by atoms with Gasteiger partial charge in [0.1, 0.15) is 5.82 Å². The van der Waals surface area contributed by atoms with Gasteiger partial charge in [0.15, 0.2) is 0 Å². The highest BCUT2D eigenvalue weighted by molar-refractivity contribution is 5.88. The van der Waals surface area contributed by atoms with Crippen molar-refractivity contribution in [2.24, 2.45) is 0 Å². The van der Waals surface area contributed by atoms with Gasteiger partial charge in [0.2, 0.25) is 5.91 Å². The Morgan fingerprint density at radius 2 is 1.91 bits per heavy atom. The molecule has 1 aromatic carbocycles. The summed E-state index contributed by atoms with van der Waals surface area (Å²) in [6.07, 6.45) is 6.03. The Balaban J connectivity index is 1.68. The van der Waals surface area contributed by atoms with Crippen LogP contribution in [-0.2, 0) is 16.8 Å². The maximum absolute atomic E-state index is 12.9. The molecule has 0 spiro atoms. The monoisotopic (exact) mass is 311 g/mol. The predicted octanol–water partition coefficient (Wildman–Crippen LogP) is 3.13. The van der Waals surface area contributed by atoms with Gasteiger partial charge in [-0.3, -0.25) is 4.79 Å². The lowest BCUT2D eigenvalue weighted by Crippen LogP contribution is -2.43. The van der Waals surface area contributed by atoms with Crippen LogP contribution in [0.3, 0.4) is 0 Å². The van der Waals surface area contributed by atoms with Crippen molar-refractivity contribution >= 4 is 5.91 Å². The minimum absolute atomic E-state index is 0.177. The summed E-state index contributed by atoms with van der Waals surface area (Å²) < 4.78 is 2.14. The van der Waals surface area contributed by atoms with Crippen LogP contribution in [0.1, 0.15) is 42.8 Å². The number of aryl methyl sites for hydroxylation is 2. The summed E-state index contributed by atoms with van der Waals surface area (Å²) >= 11 is 0. The minimum atomic E-state index is -0.333. The van der Waals surface area contributed by atoms with Gasteiger partial charge < -0.3 is 9.88 Å². The van der Waals surface area contributed by atoms with Crippen molar-refractivity contribution in [3.63, 3.8) is 0 Å². The molecule has 1 fully saturated rings. The van der Waals surface area contributed by atoms with Crippen molar-refractivity contribution in [3.05, 3.63) is 53.6 Å². The van der Waals surface area contributed by atoms with Crippen LogP contribution in [0.25, 0.3) is 0 Å². The minimum Gasteiger partial charge on any atom is -0.354 e. The lowest BCUT2D eigenvalue weighted by Gasteiger charge is -2.28. The van der Waals surface area contributed by atoms with Gasteiger partial charge in [-0.2, -0.15) is 0 Å². The van der Waals surface area contributed by atoms with Crippen LogP contribution in [0.2, 0.25) is 0 Å². The number of hydrogen-bond acceptors (Lipinski definition) is 2. The second-order valence-electron chi connectivity index (χ2n) is 6.51. The average molecular weight is 311 g/mol. The van der Waals surface area contributed by atoms with E-state index < -0.39 is 0 Å². The fourth-order valence-corrected chi connectivity index (χ4v) is 3.75. The fraction of sp³-hybridized carbons (Fsp3) is 0.474. The van der Waals surface area contributed by atoms with Gasteiger partial charge in [-0.25, -0.2) is 4.98 Å². The molecule has 4 nitrogen and oxygen atoms in total. The molecule has 0 aliphatic heterocycles. The molecule has 3 rings (SSSR count). The van der Waals surface area contributed by atoms with E-state index in [9.17, 15) is 4.79 Å². The third-order valence-corrected chi connectivity index (χ3v) is 5.09. The molecule has 1 N–H and O–H groups in total. The molecular weight excluding hydrogens is 286 g/mol. The summed E-state index contributed by atoms with van der Waals surface area (Å²) in [5, 5.41) is 3.17. The van der Waals surface area contributed by atoms with Crippen molar-refractivity contribution in [3.8, 4) is 0 Å². The Morgan fingerprint density at radius 1 is 1.22 bits per heavy atom. The van der Waals surface area contributed by atoms with E-state index in [0.29, 0.717) is 6.54 Å². The van der Waals surface area contributed by atoms with Crippen molar-refractivity contribution in [1.82, 2.24) is 14.9 Å². The first-order valence-corrected chi connectivity index (χ1v) is 8.46. The third-order valence-electron chi connectivity index (χ3n) is 5.09. The van der Waals surface area contributed by atoms with E-state index in [4.69, 9.17) is 0 Å². The van der Waals surface area contributed by atoms with E-state index in [-0.39, 0.29) is 11.3 Å². The van der Waals surface area contributed by atoms with E-state index in [2.05, 4.69) is 27.0 Å². The number of benzene rings is 1. The van der Waals surface area contributed by atoms with Crippen LogP contribution in [0, 0.1) is 13.8 Å². The standard InChI is InChI=1S/C19H25N3O/c1-15-14-21-16(2)22(15)13-12-20-18(23)19(10-6-7-11-19)17-8-4-3-5-9-17/h3-5,8-9,14H,6-7,10-13H2,1-2H3,(H,20,23). The lowest BCUT2D eigenvalue weighted by atomic mass is 9.78. The van der Waals surface area contributed by atoms with Crippen molar-refractivity contribution in [2.45, 2.75) is 51.5 Å². The summed E-state index contributed by atoms with van der Waals surface area (Å²) in [4.78, 5) is 17.2. The first-order valence-electron chi connectivity index (χ1n) is 8.46. The predicted molar refractivity (Wildman–Crippen MR) is 91.3 cm³/mol. The Labute approximate surface area is 137 Å². The normalized spacial score (nSPS) is 16.4. The van der Waals surface area contributed by atoms with Gasteiger partial charge >= 0.3 is 0 Å². The Morgan fingerprint density at radius 3 is 2.52 bits per heavy atom. The maximum Gasteiger partial charge on any atom is 0.230 e. The van der Waals surface area contributed by atoms with Gasteiger partial charge in [0.05, 0.1) is 5.41 Å². The van der Waals surface area contributed by atoms with Crippen LogP contribution in [0.5, 0.6) is 0 Å². The molecule has 1 aliphatic carbocycles. The second kappa shape index (κ2) is 6.57. The Hall–Kier alpha value is -2.10. The molecule has 23 heavy (non-hydrogen) atoms. The zero-order valence-corrected chi connectivity index (χ0v) is 14.0. The quantitative estimate of drug-likeness (QED) is 0.922. The molecule has 2 aromatic rings. The topological polar surface area (TPSA) is 46.9 Å². The molecule has 1 heterocycles. The van der Waals surface area contributed by atoms with Gasteiger partial charge in [0.25, 0.3) is 0 Å². The molecule has 0 bridgehead atoms.